The van der Waals surface area contributed by atoms with Crippen LogP contribution in [0.4, 0.5) is 0 Å². The van der Waals surface area contributed by atoms with Gasteiger partial charge in [-0.2, -0.15) is 0 Å². The number of furan rings is 1. The van der Waals surface area contributed by atoms with Crippen LogP contribution in [0.3, 0.4) is 0 Å². The van der Waals surface area contributed by atoms with E-state index >= 15 is 0 Å². The van der Waals surface area contributed by atoms with Crippen LogP contribution in [-0.2, 0) is 11.3 Å². The molecule has 2 rings (SSSR count). The third-order valence-corrected chi connectivity index (χ3v) is 3.46. The number of aromatic nitrogens is 2. The molecule has 6 nitrogen and oxygen atoms in total. The van der Waals surface area contributed by atoms with Crippen LogP contribution >= 0.6 is 11.8 Å². The first-order valence-electron chi connectivity index (χ1n) is 5.63. The highest BCUT2D eigenvalue weighted by molar-refractivity contribution is 7.99. The molecule has 0 aliphatic carbocycles. The molecular weight excluding hydrogens is 266 g/mol. The van der Waals surface area contributed by atoms with Crippen molar-refractivity contribution in [3.63, 3.8) is 0 Å². The van der Waals surface area contributed by atoms with Crippen LogP contribution < -0.4 is 11.0 Å². The molecule has 2 aromatic rings. The zero-order valence-electron chi connectivity index (χ0n) is 10.3. The van der Waals surface area contributed by atoms with Gasteiger partial charge in [-0.1, -0.05) is 11.8 Å². The average Bonchev–Trinajstić information content (AvgIpc) is 2.90. The second kappa shape index (κ2) is 6.24. The molecule has 0 saturated carbocycles. The average molecular weight is 279 g/mol. The topological polar surface area (TPSA) is 88.0 Å². The Morgan fingerprint density at radius 2 is 2.42 bits per heavy atom. The molecule has 2 heterocycles. The summed E-state index contributed by atoms with van der Waals surface area (Å²) in [7, 11) is 0. The molecule has 0 saturated heterocycles. The molecule has 7 heteroatoms. The highest BCUT2D eigenvalue weighted by Crippen LogP contribution is 2.16. The van der Waals surface area contributed by atoms with E-state index in [1.165, 1.54) is 18.0 Å². The quantitative estimate of drug-likeness (QED) is 0.631. The first-order chi connectivity index (χ1) is 9.15. The zero-order chi connectivity index (χ0) is 13.7. The van der Waals surface area contributed by atoms with Gasteiger partial charge in [0.2, 0.25) is 5.91 Å². The van der Waals surface area contributed by atoms with Crippen LogP contribution in [0.15, 0.2) is 38.8 Å². The minimum atomic E-state index is -0.413. The summed E-state index contributed by atoms with van der Waals surface area (Å²) >= 11 is 1.27. The maximum Gasteiger partial charge on any atom is 0.345 e. The number of thioether (sulfide) groups is 1. The Bertz CT molecular complexity index is 607. The standard InChI is InChI=1S/C12H13N3O3S/c1-8-5-14-12(17)15-11(8)19-7-10(16)13-6-9-3-2-4-18-9/h2-5H,6-7H2,1H3,(H,13,16)(H,14,15,17). The number of aromatic amines is 1. The zero-order valence-corrected chi connectivity index (χ0v) is 11.1. The van der Waals surface area contributed by atoms with Crippen molar-refractivity contribution in [1.82, 2.24) is 15.3 Å². The minimum absolute atomic E-state index is 0.126. The molecule has 100 valence electrons. The van der Waals surface area contributed by atoms with Crippen LogP contribution in [0, 0.1) is 6.92 Å². The van der Waals surface area contributed by atoms with Crippen LogP contribution in [0.1, 0.15) is 11.3 Å². The number of hydrogen-bond acceptors (Lipinski definition) is 5. The predicted molar refractivity (Wildman–Crippen MR) is 70.9 cm³/mol. The lowest BCUT2D eigenvalue weighted by Crippen LogP contribution is -2.24. The molecule has 2 aromatic heterocycles. The van der Waals surface area contributed by atoms with E-state index in [0.29, 0.717) is 17.3 Å². The van der Waals surface area contributed by atoms with Crippen LogP contribution in [0.5, 0.6) is 0 Å². The van der Waals surface area contributed by atoms with Gasteiger partial charge in [-0.15, -0.1) is 0 Å². The van der Waals surface area contributed by atoms with Crippen molar-refractivity contribution < 1.29 is 9.21 Å². The summed E-state index contributed by atoms with van der Waals surface area (Å²) < 4.78 is 5.10. The fourth-order valence-electron chi connectivity index (χ4n) is 1.38. The molecule has 19 heavy (non-hydrogen) atoms. The van der Waals surface area contributed by atoms with E-state index in [-0.39, 0.29) is 11.7 Å². The normalized spacial score (nSPS) is 10.4. The van der Waals surface area contributed by atoms with Crippen molar-refractivity contribution in [3.05, 3.63) is 46.4 Å². The van der Waals surface area contributed by atoms with Gasteiger partial charge < -0.3 is 14.7 Å². The van der Waals surface area contributed by atoms with E-state index in [1.54, 1.807) is 18.4 Å². The second-order valence-electron chi connectivity index (χ2n) is 3.85. The Morgan fingerprint density at radius 3 is 3.16 bits per heavy atom. The summed E-state index contributed by atoms with van der Waals surface area (Å²) in [6, 6.07) is 3.55. The lowest BCUT2D eigenvalue weighted by atomic mass is 10.4. The number of hydrogen-bond donors (Lipinski definition) is 2. The summed E-state index contributed by atoms with van der Waals surface area (Å²) in [5.41, 5.74) is 0.424. The van der Waals surface area contributed by atoms with E-state index < -0.39 is 5.69 Å². The Morgan fingerprint density at radius 1 is 1.58 bits per heavy atom. The van der Waals surface area contributed by atoms with Gasteiger partial charge in [0.1, 0.15) is 5.76 Å². The Hall–Kier alpha value is -2.02. The van der Waals surface area contributed by atoms with Crippen molar-refractivity contribution in [3.8, 4) is 0 Å². The largest absolute Gasteiger partial charge is 0.467 e. The molecule has 0 unspecified atom stereocenters. The van der Waals surface area contributed by atoms with E-state index in [1.807, 2.05) is 6.92 Å². The second-order valence-corrected chi connectivity index (χ2v) is 4.83. The Balaban J connectivity index is 1.83. The number of rotatable bonds is 5. The molecule has 1 amide bonds. The maximum atomic E-state index is 11.6. The molecule has 0 bridgehead atoms. The van der Waals surface area contributed by atoms with Gasteiger partial charge in [-0.05, 0) is 24.6 Å². The molecule has 0 aliphatic heterocycles. The summed E-state index contributed by atoms with van der Waals surface area (Å²) in [5, 5.41) is 3.39. The van der Waals surface area contributed by atoms with Crippen LogP contribution in [0.25, 0.3) is 0 Å². The SMILES string of the molecule is Cc1cnc(=O)[nH]c1SCC(=O)NCc1ccco1. The van der Waals surface area contributed by atoms with Crippen LogP contribution in [-0.4, -0.2) is 21.6 Å². The Labute approximate surface area is 113 Å². The number of amides is 1. The molecule has 0 atom stereocenters. The fourth-order valence-corrected chi connectivity index (χ4v) is 2.20. The lowest BCUT2D eigenvalue weighted by Gasteiger charge is -2.05. The Kier molecular flexibility index (Phi) is 4.40. The number of carbonyl (C=O) groups excluding carboxylic acids is 1. The summed E-state index contributed by atoms with van der Waals surface area (Å²) in [4.78, 5) is 28.9. The first kappa shape index (κ1) is 13.4. The molecule has 0 spiro atoms. The van der Waals surface area contributed by atoms with E-state index in [2.05, 4.69) is 15.3 Å². The summed E-state index contributed by atoms with van der Waals surface area (Å²) in [6.07, 6.45) is 3.04. The molecule has 0 aliphatic rings. The number of aryl methyl sites for hydroxylation is 1. The van der Waals surface area contributed by atoms with Crippen molar-refractivity contribution in [2.45, 2.75) is 18.5 Å². The van der Waals surface area contributed by atoms with Gasteiger partial charge in [-0.3, -0.25) is 4.79 Å². The molecular formula is C12H13N3O3S. The van der Waals surface area contributed by atoms with Crippen LogP contribution in [0.2, 0.25) is 0 Å². The van der Waals surface area contributed by atoms with Gasteiger partial charge in [0.15, 0.2) is 0 Å². The third kappa shape index (κ3) is 3.99. The summed E-state index contributed by atoms with van der Waals surface area (Å²) in [5.74, 6) is 0.798. The number of H-pyrrole nitrogens is 1. The maximum absolute atomic E-state index is 11.6. The van der Waals surface area contributed by atoms with E-state index in [9.17, 15) is 9.59 Å². The minimum Gasteiger partial charge on any atom is -0.467 e. The van der Waals surface area contributed by atoms with Gasteiger partial charge in [0.05, 0.1) is 23.6 Å². The molecule has 0 aromatic carbocycles. The van der Waals surface area contributed by atoms with Gasteiger partial charge in [0.25, 0.3) is 0 Å². The summed E-state index contributed by atoms with van der Waals surface area (Å²) in [6.45, 7) is 2.18. The van der Waals surface area contributed by atoms with Crippen molar-refractivity contribution in [2.75, 3.05) is 5.75 Å². The number of nitrogens with one attached hydrogen (secondary N) is 2. The monoisotopic (exact) mass is 279 g/mol. The number of nitrogens with zero attached hydrogens (tertiary/aromatic N) is 1. The smallest absolute Gasteiger partial charge is 0.345 e. The van der Waals surface area contributed by atoms with E-state index in [0.717, 1.165) is 5.56 Å². The molecule has 0 fully saturated rings. The fraction of sp³-hybridized carbons (Fsp3) is 0.250. The highest BCUT2D eigenvalue weighted by Gasteiger charge is 2.06. The lowest BCUT2D eigenvalue weighted by molar-refractivity contribution is -0.118. The highest BCUT2D eigenvalue weighted by atomic mass is 32.2. The van der Waals surface area contributed by atoms with Crippen molar-refractivity contribution in [1.29, 1.82) is 0 Å². The van der Waals surface area contributed by atoms with Gasteiger partial charge in [0, 0.05) is 6.20 Å². The number of carbonyl (C=O) groups is 1. The molecule has 2 N–H and O–H groups in total. The molecule has 0 radical (unpaired) electrons. The van der Waals surface area contributed by atoms with Gasteiger partial charge >= 0.3 is 5.69 Å². The first-order valence-corrected chi connectivity index (χ1v) is 6.61. The predicted octanol–water partition coefficient (Wildman–Crippen LogP) is 1.08. The third-order valence-electron chi connectivity index (χ3n) is 2.34. The van der Waals surface area contributed by atoms with Crippen molar-refractivity contribution >= 4 is 17.7 Å². The van der Waals surface area contributed by atoms with E-state index in [4.69, 9.17) is 4.42 Å². The van der Waals surface area contributed by atoms with Gasteiger partial charge in [-0.25, -0.2) is 9.78 Å². The van der Waals surface area contributed by atoms with Crippen molar-refractivity contribution in [2.24, 2.45) is 0 Å².